The van der Waals surface area contributed by atoms with Crippen molar-refractivity contribution in [3.8, 4) is 0 Å². The van der Waals surface area contributed by atoms with Crippen molar-refractivity contribution in [2.75, 3.05) is 0 Å². The summed E-state index contributed by atoms with van der Waals surface area (Å²) in [5.41, 5.74) is 1.07. The Morgan fingerprint density at radius 3 is 2.33 bits per heavy atom. The number of hydrogen-bond acceptors (Lipinski definition) is 3. The van der Waals surface area contributed by atoms with Gasteiger partial charge in [0, 0.05) is 6.20 Å². The summed E-state index contributed by atoms with van der Waals surface area (Å²) >= 11 is 0. The fourth-order valence-corrected chi connectivity index (χ4v) is 2.09. The molecule has 0 atom stereocenters. The van der Waals surface area contributed by atoms with Crippen LogP contribution in [0, 0.1) is 13.8 Å². The number of pyridine rings is 1. The largest absolute Gasteiger partial charge is 0.260 e. The first-order valence-electron chi connectivity index (χ1n) is 3.38. The molecule has 0 spiro atoms. The van der Waals surface area contributed by atoms with Crippen molar-refractivity contribution in [1.29, 1.82) is 0 Å². The van der Waals surface area contributed by atoms with E-state index in [0.717, 1.165) is 0 Å². The van der Waals surface area contributed by atoms with E-state index in [-0.39, 0.29) is 4.90 Å². The number of primary sulfonamides is 1. The third kappa shape index (κ3) is 1.62. The highest BCUT2D eigenvalue weighted by Gasteiger charge is 2.14. The molecule has 0 saturated carbocycles. The van der Waals surface area contributed by atoms with Crippen LogP contribution in [-0.2, 0) is 10.0 Å². The summed E-state index contributed by atoms with van der Waals surface area (Å²) in [5, 5.41) is 4.99. The van der Waals surface area contributed by atoms with Gasteiger partial charge < -0.3 is 0 Å². The topological polar surface area (TPSA) is 73.0 Å². The Bertz CT molecular complexity index is 378. The number of nitrogens with two attached hydrogens (primary N) is 1. The zero-order valence-electron chi connectivity index (χ0n) is 6.90. The highest BCUT2D eigenvalue weighted by atomic mass is 32.2. The van der Waals surface area contributed by atoms with Gasteiger partial charge in [0.05, 0.1) is 5.69 Å². The van der Waals surface area contributed by atoms with Crippen molar-refractivity contribution >= 4 is 10.0 Å². The van der Waals surface area contributed by atoms with E-state index < -0.39 is 10.0 Å². The summed E-state index contributed by atoms with van der Waals surface area (Å²) < 4.78 is 22.0. The van der Waals surface area contributed by atoms with E-state index in [0.29, 0.717) is 11.3 Å². The average molecular weight is 186 g/mol. The molecule has 0 radical (unpaired) electrons. The Balaban J connectivity index is 3.53. The first kappa shape index (κ1) is 9.15. The van der Waals surface area contributed by atoms with E-state index >= 15 is 0 Å². The Kier molecular flexibility index (Phi) is 2.16. The van der Waals surface area contributed by atoms with Crippen LogP contribution in [-0.4, -0.2) is 13.4 Å². The molecule has 1 rings (SSSR count). The third-order valence-electron chi connectivity index (χ3n) is 1.56. The Morgan fingerprint density at radius 1 is 1.42 bits per heavy atom. The normalized spacial score (nSPS) is 11.6. The zero-order valence-corrected chi connectivity index (χ0v) is 7.72. The summed E-state index contributed by atoms with van der Waals surface area (Å²) in [6.07, 6.45) is 1.55. The van der Waals surface area contributed by atoms with Crippen molar-refractivity contribution in [2.45, 2.75) is 18.7 Å². The van der Waals surface area contributed by atoms with Gasteiger partial charge in [0.15, 0.2) is 0 Å². The van der Waals surface area contributed by atoms with Crippen LogP contribution in [0.4, 0.5) is 0 Å². The minimum absolute atomic E-state index is 0.130. The molecule has 1 aromatic rings. The van der Waals surface area contributed by atoms with Gasteiger partial charge in [-0.3, -0.25) is 4.98 Å². The van der Waals surface area contributed by atoms with E-state index in [9.17, 15) is 8.42 Å². The second kappa shape index (κ2) is 2.84. The maximum atomic E-state index is 11.0. The molecule has 0 fully saturated rings. The van der Waals surface area contributed by atoms with E-state index in [1.807, 2.05) is 0 Å². The molecule has 0 aliphatic carbocycles. The molecule has 66 valence electrons. The van der Waals surface area contributed by atoms with E-state index in [4.69, 9.17) is 5.14 Å². The molecule has 12 heavy (non-hydrogen) atoms. The minimum atomic E-state index is -3.63. The van der Waals surface area contributed by atoms with Crippen LogP contribution in [0.5, 0.6) is 0 Å². The lowest BCUT2D eigenvalue weighted by Gasteiger charge is -2.04. The molecule has 1 aromatic heterocycles. The predicted molar refractivity (Wildman–Crippen MR) is 45.1 cm³/mol. The molecule has 0 unspecified atom stereocenters. The minimum Gasteiger partial charge on any atom is -0.260 e. The fraction of sp³-hybridized carbons (Fsp3) is 0.286. The second-order valence-corrected chi connectivity index (χ2v) is 4.09. The molecule has 0 aliphatic rings. The van der Waals surface area contributed by atoms with Crippen molar-refractivity contribution in [1.82, 2.24) is 4.98 Å². The van der Waals surface area contributed by atoms with Gasteiger partial charge in [-0.25, -0.2) is 13.6 Å². The average Bonchev–Trinajstić information content (AvgIpc) is 1.82. The summed E-state index contributed by atoms with van der Waals surface area (Å²) in [6.45, 7) is 3.31. The maximum Gasteiger partial charge on any atom is 0.240 e. The van der Waals surface area contributed by atoms with Gasteiger partial charge in [-0.1, -0.05) is 0 Å². The predicted octanol–water partition coefficient (Wildman–Crippen LogP) is 0.346. The highest BCUT2D eigenvalue weighted by Crippen LogP contribution is 2.14. The van der Waals surface area contributed by atoms with Gasteiger partial charge in [0.2, 0.25) is 10.0 Å². The van der Waals surface area contributed by atoms with Crippen molar-refractivity contribution in [3.05, 3.63) is 23.5 Å². The van der Waals surface area contributed by atoms with Crippen LogP contribution in [0.15, 0.2) is 17.2 Å². The van der Waals surface area contributed by atoms with Crippen LogP contribution in [0.2, 0.25) is 0 Å². The van der Waals surface area contributed by atoms with Gasteiger partial charge in [-0.05, 0) is 25.5 Å². The van der Waals surface area contributed by atoms with E-state index in [1.165, 1.54) is 0 Å². The molecule has 0 aliphatic heterocycles. The molecule has 0 amide bonds. The fourth-order valence-electron chi connectivity index (χ4n) is 1.11. The van der Waals surface area contributed by atoms with Crippen LogP contribution in [0.3, 0.4) is 0 Å². The number of sulfonamides is 1. The summed E-state index contributed by atoms with van der Waals surface area (Å²) in [4.78, 5) is 3.98. The van der Waals surface area contributed by atoms with E-state index in [1.54, 1.807) is 26.1 Å². The summed E-state index contributed by atoms with van der Waals surface area (Å²) in [7, 11) is -3.63. The smallest absolute Gasteiger partial charge is 0.240 e. The Labute approximate surface area is 71.5 Å². The van der Waals surface area contributed by atoms with Crippen molar-refractivity contribution in [3.63, 3.8) is 0 Å². The summed E-state index contributed by atoms with van der Waals surface area (Å²) in [5.74, 6) is 0. The van der Waals surface area contributed by atoms with Gasteiger partial charge in [-0.2, -0.15) is 0 Å². The number of rotatable bonds is 1. The molecule has 2 N–H and O–H groups in total. The van der Waals surface area contributed by atoms with Gasteiger partial charge in [-0.15, -0.1) is 0 Å². The number of aromatic nitrogens is 1. The molecule has 1 heterocycles. The molecular weight excluding hydrogens is 176 g/mol. The highest BCUT2D eigenvalue weighted by molar-refractivity contribution is 7.89. The lowest BCUT2D eigenvalue weighted by Crippen LogP contribution is -2.15. The Hall–Kier alpha value is -0.940. The van der Waals surface area contributed by atoms with Gasteiger partial charge in [0.1, 0.15) is 4.90 Å². The molecule has 0 bridgehead atoms. The van der Waals surface area contributed by atoms with E-state index in [2.05, 4.69) is 4.98 Å². The first-order valence-corrected chi connectivity index (χ1v) is 4.92. The quantitative estimate of drug-likeness (QED) is 0.687. The third-order valence-corrected chi connectivity index (χ3v) is 2.75. The van der Waals surface area contributed by atoms with Gasteiger partial charge in [0.25, 0.3) is 0 Å². The monoisotopic (exact) mass is 186 g/mol. The number of nitrogens with zero attached hydrogens (tertiary/aromatic N) is 1. The van der Waals surface area contributed by atoms with Gasteiger partial charge >= 0.3 is 0 Å². The van der Waals surface area contributed by atoms with Crippen LogP contribution in [0.25, 0.3) is 0 Å². The van der Waals surface area contributed by atoms with Crippen LogP contribution in [0.1, 0.15) is 11.3 Å². The second-order valence-electron chi connectivity index (χ2n) is 2.59. The SMILES string of the molecule is Cc1ccnc(C)c1S(N)(=O)=O. The number of aryl methyl sites for hydroxylation is 2. The molecule has 4 nitrogen and oxygen atoms in total. The van der Waals surface area contributed by atoms with Crippen molar-refractivity contribution < 1.29 is 8.42 Å². The molecule has 0 saturated heterocycles. The Morgan fingerprint density at radius 2 is 2.00 bits per heavy atom. The van der Waals surface area contributed by atoms with Crippen LogP contribution < -0.4 is 5.14 Å². The molecule has 0 aromatic carbocycles. The number of hydrogen-bond donors (Lipinski definition) is 1. The van der Waals surface area contributed by atoms with Crippen LogP contribution >= 0.6 is 0 Å². The summed E-state index contributed by atoms with van der Waals surface area (Å²) in [6, 6.07) is 1.62. The first-order chi connectivity index (χ1) is 5.43. The lowest BCUT2D eigenvalue weighted by molar-refractivity contribution is 0.596. The standard InChI is InChI=1S/C7H10N2O2S/c1-5-3-4-9-6(2)7(5)12(8,10)11/h3-4H,1-2H3,(H2,8,10,11). The lowest BCUT2D eigenvalue weighted by atomic mass is 10.2. The maximum absolute atomic E-state index is 11.0. The zero-order chi connectivity index (χ0) is 9.35. The molecule has 5 heteroatoms. The van der Waals surface area contributed by atoms with Crippen molar-refractivity contribution in [2.24, 2.45) is 5.14 Å². The molecular formula is C7H10N2O2S.